The molecule has 0 unspecified atom stereocenters. The largest absolute Gasteiger partial charge is 0.400 e. The number of aliphatic hydroxyl groups is 2. The number of benzene rings is 1. The predicted octanol–water partition coefficient (Wildman–Crippen LogP) is 2.69. The van der Waals surface area contributed by atoms with E-state index in [4.69, 9.17) is 10.2 Å². The number of hydrogen-bond acceptors (Lipinski definition) is 3. The van der Waals surface area contributed by atoms with Crippen LogP contribution in [-0.2, 0) is 20.1 Å². The van der Waals surface area contributed by atoms with Gasteiger partial charge in [0.1, 0.15) is 0 Å². The second-order valence-corrected chi connectivity index (χ2v) is 3.93. The topological polar surface area (TPSA) is 53.4 Å². The second-order valence-electron chi connectivity index (χ2n) is 3.93. The first-order valence-electron chi connectivity index (χ1n) is 5.98. The molecule has 20 heavy (non-hydrogen) atoms. The summed E-state index contributed by atoms with van der Waals surface area (Å²) in [6, 6.07) is 11.5. The maximum atomic E-state index is 7.00. The zero-order valence-corrected chi connectivity index (χ0v) is 15.0. The molecule has 0 spiro atoms. The van der Waals surface area contributed by atoms with Gasteiger partial charge < -0.3 is 15.2 Å². The number of rotatable bonds is 1. The minimum atomic E-state index is 0. The molecule has 0 saturated heterocycles. The molecular weight excluding hydrogens is 430 g/mol. The minimum Gasteiger partial charge on any atom is -0.400 e. The van der Waals surface area contributed by atoms with Gasteiger partial charge in [-0.2, -0.15) is 0 Å². The van der Waals surface area contributed by atoms with Crippen molar-refractivity contribution in [2.45, 2.75) is 20.8 Å². The molecule has 0 aliphatic rings. The van der Waals surface area contributed by atoms with Gasteiger partial charge in [-0.1, -0.05) is 18.6 Å². The van der Waals surface area contributed by atoms with Crippen molar-refractivity contribution in [3.05, 3.63) is 53.2 Å². The van der Waals surface area contributed by atoms with E-state index in [1.54, 1.807) is 0 Å². The summed E-state index contributed by atoms with van der Waals surface area (Å²) in [6.45, 7) is 6.24. The van der Waals surface area contributed by atoms with Gasteiger partial charge in [0.05, 0.1) is 0 Å². The fourth-order valence-corrected chi connectivity index (χ4v) is 1.43. The molecule has 1 aromatic carbocycles. The van der Waals surface area contributed by atoms with Gasteiger partial charge in [-0.15, -0.1) is 35.4 Å². The average Bonchev–Trinajstić information content (AvgIpc) is 2.47. The van der Waals surface area contributed by atoms with Crippen molar-refractivity contribution in [2.24, 2.45) is 0 Å². The summed E-state index contributed by atoms with van der Waals surface area (Å²) in [6.07, 6.45) is 1.92. The Morgan fingerprint density at radius 1 is 0.950 bits per heavy atom. The molecule has 0 atom stereocenters. The summed E-state index contributed by atoms with van der Waals surface area (Å²) in [7, 11) is 2.00. The van der Waals surface area contributed by atoms with Gasteiger partial charge in [0.25, 0.3) is 0 Å². The first kappa shape index (κ1) is 21.2. The van der Waals surface area contributed by atoms with Crippen molar-refractivity contribution in [3.63, 3.8) is 0 Å². The zero-order valence-electron chi connectivity index (χ0n) is 12.6. The Hall–Kier alpha value is -1.06. The van der Waals surface area contributed by atoms with Crippen LogP contribution in [0.3, 0.4) is 0 Å². The number of aliphatic hydroxyl groups excluding tert-OH is 2. The number of aromatic nitrogens is 1. The van der Waals surface area contributed by atoms with Crippen LogP contribution in [0.15, 0.2) is 30.5 Å². The van der Waals surface area contributed by atoms with E-state index in [0.717, 1.165) is 25.5 Å². The molecule has 1 heterocycles. The van der Waals surface area contributed by atoms with Crippen LogP contribution in [0, 0.1) is 26.8 Å². The van der Waals surface area contributed by atoms with E-state index in [-0.39, 0.29) is 20.1 Å². The SMILES string of the molecule is CO.CO.Cc1c[c-]c(-c2cc(C)c(C)cn2)cc1.[Ir]. The molecule has 0 aliphatic heterocycles. The zero-order chi connectivity index (χ0) is 14.8. The van der Waals surface area contributed by atoms with E-state index < -0.39 is 0 Å². The molecule has 0 fully saturated rings. The van der Waals surface area contributed by atoms with E-state index in [9.17, 15) is 0 Å². The van der Waals surface area contributed by atoms with Crippen molar-refractivity contribution in [2.75, 3.05) is 14.2 Å². The van der Waals surface area contributed by atoms with Gasteiger partial charge in [0, 0.05) is 40.5 Å². The van der Waals surface area contributed by atoms with Crippen LogP contribution in [0.2, 0.25) is 0 Å². The molecule has 0 amide bonds. The first-order chi connectivity index (χ1) is 9.16. The van der Waals surface area contributed by atoms with Crippen LogP contribution in [0.25, 0.3) is 11.3 Å². The van der Waals surface area contributed by atoms with Crippen LogP contribution >= 0.6 is 0 Å². The molecule has 0 aliphatic carbocycles. The van der Waals surface area contributed by atoms with Crippen LogP contribution in [-0.4, -0.2) is 29.4 Å². The fraction of sp³-hybridized carbons (Fsp3) is 0.312. The molecule has 0 saturated carbocycles. The summed E-state index contributed by atoms with van der Waals surface area (Å²) in [5.41, 5.74) is 5.78. The van der Waals surface area contributed by atoms with Crippen molar-refractivity contribution < 1.29 is 30.3 Å². The minimum absolute atomic E-state index is 0. The van der Waals surface area contributed by atoms with Crippen LogP contribution in [0.5, 0.6) is 0 Å². The van der Waals surface area contributed by atoms with Crippen LogP contribution in [0.4, 0.5) is 0 Å². The maximum absolute atomic E-state index is 7.00. The first-order valence-corrected chi connectivity index (χ1v) is 5.98. The number of aryl methyl sites for hydroxylation is 3. The van der Waals surface area contributed by atoms with Crippen molar-refractivity contribution >= 4 is 0 Å². The standard InChI is InChI=1S/C14H14N.2CH4O.Ir/c1-10-4-6-13(7-5-10)14-8-11(2)12(3)9-15-14;2*1-2;/h4-6,8-9H,1-3H3;2*2H,1H3;/q-1;;;. The maximum Gasteiger partial charge on any atom is 0.0319 e. The van der Waals surface area contributed by atoms with Gasteiger partial charge in [-0.05, 0) is 25.1 Å². The third-order valence-corrected chi connectivity index (χ3v) is 2.62. The van der Waals surface area contributed by atoms with Gasteiger partial charge >= 0.3 is 0 Å². The summed E-state index contributed by atoms with van der Waals surface area (Å²) in [4.78, 5) is 4.41. The van der Waals surface area contributed by atoms with E-state index >= 15 is 0 Å². The van der Waals surface area contributed by atoms with Gasteiger partial charge in [-0.25, -0.2) is 0 Å². The molecular formula is C16H22IrNO2-. The molecule has 2 N–H and O–H groups in total. The van der Waals surface area contributed by atoms with E-state index in [0.29, 0.717) is 0 Å². The Morgan fingerprint density at radius 2 is 1.55 bits per heavy atom. The Labute approximate surface area is 135 Å². The molecule has 2 aromatic rings. The summed E-state index contributed by atoms with van der Waals surface area (Å²) in [5, 5.41) is 14.0. The quantitative estimate of drug-likeness (QED) is 0.655. The Balaban J connectivity index is 0. The summed E-state index contributed by atoms with van der Waals surface area (Å²) < 4.78 is 0. The Morgan fingerprint density at radius 3 is 2.00 bits per heavy atom. The number of hydrogen-bond donors (Lipinski definition) is 2. The smallest absolute Gasteiger partial charge is 0.0319 e. The second kappa shape index (κ2) is 11.7. The molecule has 1 radical (unpaired) electrons. The molecule has 3 nitrogen and oxygen atoms in total. The van der Waals surface area contributed by atoms with E-state index in [2.05, 4.69) is 50.0 Å². The Kier molecular flexibility index (Phi) is 12.5. The number of nitrogens with zero attached hydrogens (tertiary/aromatic N) is 1. The van der Waals surface area contributed by atoms with E-state index in [1.165, 1.54) is 16.7 Å². The van der Waals surface area contributed by atoms with Gasteiger partial charge in [0.2, 0.25) is 0 Å². The van der Waals surface area contributed by atoms with Gasteiger partial charge in [0.15, 0.2) is 0 Å². The van der Waals surface area contributed by atoms with Crippen LogP contribution < -0.4 is 0 Å². The van der Waals surface area contributed by atoms with E-state index in [1.807, 2.05) is 12.3 Å². The van der Waals surface area contributed by atoms with Crippen molar-refractivity contribution in [1.29, 1.82) is 0 Å². The summed E-state index contributed by atoms with van der Waals surface area (Å²) >= 11 is 0. The van der Waals surface area contributed by atoms with Crippen molar-refractivity contribution in [1.82, 2.24) is 4.98 Å². The molecule has 4 heteroatoms. The van der Waals surface area contributed by atoms with Crippen LogP contribution in [0.1, 0.15) is 16.7 Å². The number of pyridine rings is 1. The Bertz CT molecular complexity index is 484. The third-order valence-electron chi connectivity index (χ3n) is 2.62. The monoisotopic (exact) mass is 453 g/mol. The molecule has 1 aromatic heterocycles. The molecule has 113 valence electrons. The normalized spacial score (nSPS) is 8.35. The molecule has 0 bridgehead atoms. The molecule has 2 rings (SSSR count). The predicted molar refractivity (Wildman–Crippen MR) is 79.0 cm³/mol. The third kappa shape index (κ3) is 6.40. The fourth-order valence-electron chi connectivity index (χ4n) is 1.43. The summed E-state index contributed by atoms with van der Waals surface area (Å²) in [5.74, 6) is 0. The van der Waals surface area contributed by atoms with Gasteiger partial charge in [-0.3, -0.25) is 0 Å². The average molecular weight is 453 g/mol. The van der Waals surface area contributed by atoms with Crippen molar-refractivity contribution in [3.8, 4) is 11.3 Å².